The van der Waals surface area contributed by atoms with Gasteiger partial charge in [-0.1, -0.05) is 0 Å². The van der Waals surface area contributed by atoms with Gasteiger partial charge in [-0.3, -0.25) is 9.59 Å². The normalized spacial score (nSPS) is 19.2. The van der Waals surface area contributed by atoms with Crippen molar-refractivity contribution in [1.29, 1.82) is 0 Å². The lowest BCUT2D eigenvalue weighted by Gasteiger charge is -2.29. The van der Waals surface area contributed by atoms with Gasteiger partial charge in [-0.25, -0.2) is 4.39 Å². The summed E-state index contributed by atoms with van der Waals surface area (Å²) in [5, 5.41) is 0. The number of quaternary nitrogens is 2. The molecule has 0 amide bonds. The molecular weight excluding hydrogens is 373 g/mol. The van der Waals surface area contributed by atoms with Gasteiger partial charge in [-0.05, 0) is 44.5 Å². The molecule has 1 fully saturated rings. The van der Waals surface area contributed by atoms with Gasteiger partial charge in [-0.2, -0.15) is 0 Å². The van der Waals surface area contributed by atoms with Gasteiger partial charge in [-0.15, -0.1) is 0 Å². The van der Waals surface area contributed by atoms with E-state index in [1.54, 1.807) is 13.2 Å². The van der Waals surface area contributed by atoms with Crippen molar-refractivity contribution in [2.75, 3.05) is 39.8 Å². The number of rotatable bonds is 7. The largest absolute Gasteiger partial charge is 0.496 e. The maximum atomic E-state index is 13.6. The molecule has 0 spiro atoms. The summed E-state index contributed by atoms with van der Waals surface area (Å²) < 4.78 is 18.9. The summed E-state index contributed by atoms with van der Waals surface area (Å²) >= 11 is 0. The first-order valence-corrected chi connectivity index (χ1v) is 10.0. The van der Waals surface area contributed by atoms with Crippen molar-refractivity contribution in [2.45, 2.75) is 27.3 Å². The minimum Gasteiger partial charge on any atom is -0.496 e. The molecule has 1 saturated heterocycles. The third-order valence-corrected chi connectivity index (χ3v) is 5.83. The molecule has 156 valence electrons. The topological polar surface area (TPSA) is 68.0 Å². The molecule has 0 aliphatic carbocycles. The number of methoxy groups -OCH3 is 1. The second-order valence-corrected chi connectivity index (χ2v) is 7.91. The molecule has 1 aromatic carbocycles. The summed E-state index contributed by atoms with van der Waals surface area (Å²) in [5.41, 5.74) is 3.56. The summed E-state index contributed by atoms with van der Waals surface area (Å²) in [6.07, 6.45) is 0. The Hall–Kier alpha value is -2.51. The number of aryl methyl sites for hydroxylation is 1. The van der Waals surface area contributed by atoms with Crippen LogP contribution in [0.25, 0.3) is 0 Å². The minimum atomic E-state index is -0.253. The number of aromatic nitrogens is 1. The number of carbonyl (C=O) groups excluding carboxylic acids is 2. The predicted molar refractivity (Wildman–Crippen MR) is 108 cm³/mol. The maximum absolute atomic E-state index is 13.6. The van der Waals surface area contributed by atoms with Gasteiger partial charge in [0.15, 0.2) is 5.78 Å². The summed E-state index contributed by atoms with van der Waals surface area (Å²) in [6, 6.07) is 4.62. The van der Waals surface area contributed by atoms with Crippen LogP contribution in [-0.2, 0) is 6.54 Å². The van der Waals surface area contributed by atoms with Crippen LogP contribution in [0.3, 0.4) is 0 Å². The molecule has 0 unspecified atom stereocenters. The van der Waals surface area contributed by atoms with E-state index in [9.17, 15) is 14.0 Å². The standard InChI is InChI=1S/C22H28FN3O3/c1-14-21(16(3)27)15(2)24-22(14)19(28)13-26-9-7-25(8-10-26)12-17-11-18(23)5-6-20(17)29-4/h5-6,11,24H,7-10,12-13H2,1-4H3/p+2. The lowest BCUT2D eigenvalue weighted by molar-refractivity contribution is -1.01. The molecule has 6 nitrogen and oxygen atoms in total. The molecule has 0 atom stereocenters. The number of hydrogen-bond donors (Lipinski definition) is 3. The number of piperazine rings is 1. The van der Waals surface area contributed by atoms with Crippen LogP contribution in [0.2, 0.25) is 0 Å². The molecule has 3 N–H and O–H groups in total. The van der Waals surface area contributed by atoms with Gasteiger partial charge >= 0.3 is 0 Å². The molecular formula is C22H30FN3O3+2. The van der Waals surface area contributed by atoms with Crippen LogP contribution in [0.5, 0.6) is 5.75 Å². The Kier molecular flexibility index (Phi) is 6.49. The SMILES string of the molecule is COc1ccc(F)cc1C[NH+]1CC[NH+](CC(=O)c2[nH]c(C)c(C(C)=O)c2C)CC1. The predicted octanol–water partition coefficient (Wildman–Crippen LogP) is 0.148. The summed E-state index contributed by atoms with van der Waals surface area (Å²) in [5.74, 6) is 0.482. The molecule has 0 bridgehead atoms. The van der Waals surface area contributed by atoms with Crippen molar-refractivity contribution in [1.82, 2.24) is 4.98 Å². The number of carbonyl (C=O) groups is 2. The van der Waals surface area contributed by atoms with E-state index in [0.29, 0.717) is 30.1 Å². The quantitative estimate of drug-likeness (QED) is 0.577. The van der Waals surface area contributed by atoms with Gasteiger partial charge in [0.05, 0.1) is 18.4 Å². The van der Waals surface area contributed by atoms with Crippen molar-refractivity contribution < 1.29 is 28.5 Å². The maximum Gasteiger partial charge on any atom is 0.233 e. The molecule has 0 saturated carbocycles. The first-order chi connectivity index (χ1) is 13.8. The zero-order valence-electron chi connectivity index (χ0n) is 17.6. The number of aromatic amines is 1. The fraction of sp³-hybridized carbons (Fsp3) is 0.455. The first kappa shape index (κ1) is 21.2. The lowest BCUT2D eigenvalue weighted by atomic mass is 10.1. The highest BCUT2D eigenvalue weighted by Crippen LogP contribution is 2.19. The second-order valence-electron chi connectivity index (χ2n) is 7.91. The highest BCUT2D eigenvalue weighted by molar-refractivity contribution is 6.03. The van der Waals surface area contributed by atoms with Gasteiger partial charge in [0, 0.05) is 11.3 Å². The molecule has 2 aromatic rings. The van der Waals surface area contributed by atoms with Crippen molar-refractivity contribution in [2.24, 2.45) is 0 Å². The Labute approximate surface area is 170 Å². The van der Waals surface area contributed by atoms with Gasteiger partial charge in [0.1, 0.15) is 50.8 Å². The van der Waals surface area contributed by atoms with Crippen LogP contribution >= 0.6 is 0 Å². The van der Waals surface area contributed by atoms with E-state index >= 15 is 0 Å². The Morgan fingerprint density at radius 2 is 1.79 bits per heavy atom. The third kappa shape index (κ3) is 4.74. The highest BCUT2D eigenvalue weighted by atomic mass is 19.1. The molecule has 29 heavy (non-hydrogen) atoms. The number of Topliss-reactive ketones (excluding diaryl/α,β-unsaturated/α-hetero) is 2. The number of halogens is 1. The average Bonchev–Trinajstić information content (AvgIpc) is 2.98. The number of ketones is 2. The summed E-state index contributed by atoms with van der Waals surface area (Å²) in [7, 11) is 1.60. The minimum absolute atomic E-state index is 0.0207. The van der Waals surface area contributed by atoms with E-state index in [2.05, 4.69) is 4.98 Å². The summed E-state index contributed by atoms with van der Waals surface area (Å²) in [4.78, 5) is 30.3. The van der Waals surface area contributed by atoms with Crippen LogP contribution < -0.4 is 14.5 Å². The summed E-state index contributed by atoms with van der Waals surface area (Å²) in [6.45, 7) is 9.86. The molecule has 7 heteroatoms. The number of nitrogens with one attached hydrogen (secondary N) is 3. The molecule has 3 rings (SSSR count). The Morgan fingerprint density at radius 1 is 1.14 bits per heavy atom. The van der Waals surface area contributed by atoms with Crippen LogP contribution in [0.1, 0.15) is 44.6 Å². The van der Waals surface area contributed by atoms with E-state index in [-0.39, 0.29) is 17.4 Å². The zero-order valence-corrected chi connectivity index (χ0v) is 17.6. The van der Waals surface area contributed by atoms with E-state index in [0.717, 1.165) is 43.0 Å². The highest BCUT2D eigenvalue weighted by Gasteiger charge is 2.28. The smallest absolute Gasteiger partial charge is 0.233 e. The van der Waals surface area contributed by atoms with Crippen LogP contribution in [0.4, 0.5) is 4.39 Å². The first-order valence-electron chi connectivity index (χ1n) is 10.0. The number of ether oxygens (including phenoxy) is 1. The van der Waals surface area contributed by atoms with E-state index < -0.39 is 0 Å². The Morgan fingerprint density at radius 3 is 2.38 bits per heavy atom. The average molecular weight is 403 g/mol. The Balaban J connectivity index is 1.58. The zero-order chi connectivity index (χ0) is 21.1. The van der Waals surface area contributed by atoms with Crippen LogP contribution in [0.15, 0.2) is 18.2 Å². The fourth-order valence-corrected chi connectivity index (χ4v) is 4.34. The fourth-order valence-electron chi connectivity index (χ4n) is 4.34. The van der Waals surface area contributed by atoms with E-state index in [1.807, 2.05) is 13.8 Å². The monoisotopic (exact) mass is 403 g/mol. The van der Waals surface area contributed by atoms with Crippen molar-refractivity contribution >= 4 is 11.6 Å². The molecule has 1 aliphatic rings. The van der Waals surface area contributed by atoms with Gasteiger partial charge in [0.2, 0.25) is 5.78 Å². The van der Waals surface area contributed by atoms with Crippen molar-refractivity contribution in [3.63, 3.8) is 0 Å². The van der Waals surface area contributed by atoms with E-state index in [1.165, 1.54) is 28.9 Å². The lowest BCUT2D eigenvalue weighted by Crippen LogP contribution is -3.27. The molecule has 0 radical (unpaired) electrons. The number of H-pyrrole nitrogens is 1. The third-order valence-electron chi connectivity index (χ3n) is 5.83. The van der Waals surface area contributed by atoms with Crippen LogP contribution in [0, 0.1) is 19.7 Å². The Bertz CT molecular complexity index is 914. The van der Waals surface area contributed by atoms with Gasteiger partial charge < -0.3 is 19.5 Å². The van der Waals surface area contributed by atoms with Crippen molar-refractivity contribution in [3.8, 4) is 5.75 Å². The molecule has 2 heterocycles. The number of benzene rings is 1. The van der Waals surface area contributed by atoms with Crippen molar-refractivity contribution in [3.05, 3.63) is 52.1 Å². The second kappa shape index (κ2) is 8.88. The molecule has 1 aromatic heterocycles. The molecule has 1 aliphatic heterocycles. The van der Waals surface area contributed by atoms with E-state index in [4.69, 9.17) is 4.74 Å². The van der Waals surface area contributed by atoms with Gasteiger partial charge in [0.25, 0.3) is 0 Å². The van der Waals surface area contributed by atoms with Crippen LogP contribution in [-0.4, -0.2) is 56.4 Å². The number of hydrogen-bond acceptors (Lipinski definition) is 3.